The van der Waals surface area contributed by atoms with Crippen molar-refractivity contribution in [1.82, 2.24) is 4.90 Å². The third-order valence-electron chi connectivity index (χ3n) is 4.51. The molecule has 0 aromatic heterocycles. The highest BCUT2D eigenvalue weighted by Gasteiger charge is 2.21. The van der Waals surface area contributed by atoms with E-state index in [4.69, 9.17) is 32.7 Å². The summed E-state index contributed by atoms with van der Waals surface area (Å²) in [5, 5.41) is 3.62. The Morgan fingerprint density at radius 3 is 2.26 bits per heavy atom. The molecule has 7 heteroatoms. The van der Waals surface area contributed by atoms with Crippen LogP contribution in [0.4, 0.5) is 5.69 Å². The van der Waals surface area contributed by atoms with Gasteiger partial charge < -0.3 is 14.8 Å². The number of ether oxygens (including phenoxy) is 2. The van der Waals surface area contributed by atoms with Gasteiger partial charge in [-0.15, -0.1) is 0 Å². The first-order valence-electron chi connectivity index (χ1n) is 8.45. The lowest BCUT2D eigenvalue weighted by atomic mass is 10.1. The van der Waals surface area contributed by atoms with Gasteiger partial charge in [0.1, 0.15) is 0 Å². The molecular weight excluding hydrogens is 387 g/mol. The molecule has 1 amide bonds. The van der Waals surface area contributed by atoms with E-state index in [0.29, 0.717) is 33.8 Å². The van der Waals surface area contributed by atoms with Crippen LogP contribution in [-0.2, 0) is 11.3 Å². The average Bonchev–Trinajstić information content (AvgIpc) is 2.65. The van der Waals surface area contributed by atoms with Crippen molar-refractivity contribution in [2.24, 2.45) is 0 Å². The predicted octanol–water partition coefficient (Wildman–Crippen LogP) is 4.78. The first kappa shape index (κ1) is 21.4. The van der Waals surface area contributed by atoms with Crippen molar-refractivity contribution in [3.63, 3.8) is 0 Å². The van der Waals surface area contributed by atoms with E-state index < -0.39 is 6.04 Å². The van der Waals surface area contributed by atoms with Crippen molar-refractivity contribution in [2.45, 2.75) is 26.4 Å². The van der Waals surface area contributed by atoms with Gasteiger partial charge in [0.05, 0.1) is 36.0 Å². The van der Waals surface area contributed by atoms with E-state index in [1.54, 1.807) is 32.4 Å². The van der Waals surface area contributed by atoms with Gasteiger partial charge in [-0.3, -0.25) is 9.69 Å². The number of nitrogens with zero attached hydrogens (tertiary/aromatic N) is 1. The molecular formula is C20H24Cl2N2O3. The van der Waals surface area contributed by atoms with E-state index in [-0.39, 0.29) is 5.91 Å². The van der Waals surface area contributed by atoms with Crippen LogP contribution < -0.4 is 14.8 Å². The number of carbonyl (C=O) groups excluding carboxylic acids is 1. The molecule has 0 heterocycles. The highest BCUT2D eigenvalue weighted by atomic mass is 35.5. The minimum Gasteiger partial charge on any atom is -0.493 e. The molecule has 0 saturated carbocycles. The Morgan fingerprint density at radius 1 is 1.15 bits per heavy atom. The Labute approximate surface area is 170 Å². The molecule has 0 aliphatic carbocycles. The van der Waals surface area contributed by atoms with Crippen LogP contribution in [0.5, 0.6) is 11.5 Å². The summed E-state index contributed by atoms with van der Waals surface area (Å²) in [5.74, 6) is 1.15. The van der Waals surface area contributed by atoms with Gasteiger partial charge in [0.15, 0.2) is 11.5 Å². The smallest absolute Gasteiger partial charge is 0.241 e. The molecule has 146 valence electrons. The molecule has 0 aliphatic heterocycles. The predicted molar refractivity (Wildman–Crippen MR) is 110 cm³/mol. The molecule has 0 aliphatic rings. The van der Waals surface area contributed by atoms with E-state index in [2.05, 4.69) is 5.32 Å². The number of hydrogen-bond acceptors (Lipinski definition) is 4. The standard InChI is InChI=1S/C20H24Cl2N2O3/c1-12-9-17(26-4)18(27-5)10-14(12)11-24(3)13(2)20(25)23-19-15(21)7-6-8-16(19)22/h6-10,13H,11H2,1-5H3,(H,23,25)/t13-/m0/s1. The number of nitrogens with one attached hydrogen (secondary N) is 1. The number of para-hydroxylation sites is 1. The number of methoxy groups -OCH3 is 2. The van der Waals surface area contributed by atoms with Crippen molar-refractivity contribution < 1.29 is 14.3 Å². The lowest BCUT2D eigenvalue weighted by molar-refractivity contribution is -0.120. The molecule has 0 spiro atoms. The van der Waals surface area contributed by atoms with Crippen molar-refractivity contribution in [1.29, 1.82) is 0 Å². The van der Waals surface area contributed by atoms with E-state index in [1.807, 2.05) is 37.9 Å². The number of anilines is 1. The molecule has 0 radical (unpaired) electrons. The summed E-state index contributed by atoms with van der Waals surface area (Å²) in [6.07, 6.45) is 0. The molecule has 1 N–H and O–H groups in total. The van der Waals surface area contributed by atoms with Gasteiger partial charge in [0.25, 0.3) is 0 Å². The molecule has 0 bridgehead atoms. The Hall–Kier alpha value is -1.95. The highest BCUT2D eigenvalue weighted by Crippen LogP contribution is 2.32. The zero-order valence-electron chi connectivity index (χ0n) is 16.1. The Balaban J connectivity index is 2.13. The third kappa shape index (κ3) is 5.06. The quantitative estimate of drug-likeness (QED) is 0.713. The molecule has 2 aromatic carbocycles. The van der Waals surface area contributed by atoms with Crippen LogP contribution in [0.2, 0.25) is 10.0 Å². The maximum atomic E-state index is 12.6. The molecule has 2 rings (SSSR count). The molecule has 0 fully saturated rings. The van der Waals surface area contributed by atoms with Crippen molar-refractivity contribution in [3.05, 3.63) is 51.5 Å². The number of hydrogen-bond donors (Lipinski definition) is 1. The summed E-state index contributed by atoms with van der Waals surface area (Å²) in [4.78, 5) is 14.6. The second kappa shape index (κ2) is 9.31. The van der Waals surface area contributed by atoms with Crippen LogP contribution >= 0.6 is 23.2 Å². The van der Waals surface area contributed by atoms with Crippen LogP contribution in [0, 0.1) is 6.92 Å². The molecule has 5 nitrogen and oxygen atoms in total. The molecule has 0 saturated heterocycles. The SMILES string of the molecule is COc1cc(C)c(CN(C)[C@@H](C)C(=O)Nc2c(Cl)cccc2Cl)cc1OC. The van der Waals surface area contributed by atoms with Crippen LogP contribution in [0.3, 0.4) is 0 Å². The summed E-state index contributed by atoms with van der Waals surface area (Å²) >= 11 is 12.3. The van der Waals surface area contributed by atoms with Gasteiger partial charge in [-0.05, 0) is 56.3 Å². The van der Waals surface area contributed by atoms with Crippen molar-refractivity contribution in [2.75, 3.05) is 26.6 Å². The molecule has 0 unspecified atom stereocenters. The number of carbonyl (C=O) groups is 1. The highest BCUT2D eigenvalue weighted by molar-refractivity contribution is 6.39. The monoisotopic (exact) mass is 410 g/mol. The zero-order chi connectivity index (χ0) is 20.1. The van der Waals surface area contributed by atoms with E-state index >= 15 is 0 Å². The fourth-order valence-corrected chi connectivity index (χ4v) is 3.14. The lowest BCUT2D eigenvalue weighted by Gasteiger charge is -2.25. The number of halogens is 2. The Bertz CT molecular complexity index is 807. The average molecular weight is 411 g/mol. The number of amides is 1. The number of likely N-dealkylation sites (N-methyl/N-ethyl adjacent to an activating group) is 1. The van der Waals surface area contributed by atoms with Crippen LogP contribution in [-0.4, -0.2) is 38.1 Å². The van der Waals surface area contributed by atoms with Crippen LogP contribution in [0.25, 0.3) is 0 Å². The second-order valence-electron chi connectivity index (χ2n) is 6.31. The fourth-order valence-electron chi connectivity index (χ4n) is 2.64. The van der Waals surface area contributed by atoms with E-state index in [0.717, 1.165) is 11.1 Å². The fraction of sp³-hybridized carbons (Fsp3) is 0.350. The van der Waals surface area contributed by atoms with Gasteiger partial charge in [-0.1, -0.05) is 29.3 Å². The first-order valence-corrected chi connectivity index (χ1v) is 9.20. The topological polar surface area (TPSA) is 50.8 Å². The van der Waals surface area contributed by atoms with Gasteiger partial charge >= 0.3 is 0 Å². The van der Waals surface area contributed by atoms with E-state index in [9.17, 15) is 4.79 Å². The van der Waals surface area contributed by atoms with Crippen molar-refractivity contribution >= 4 is 34.8 Å². The molecule has 2 aromatic rings. The molecule has 1 atom stereocenters. The third-order valence-corrected chi connectivity index (χ3v) is 5.14. The number of aryl methyl sites for hydroxylation is 1. The summed E-state index contributed by atoms with van der Waals surface area (Å²) in [5.41, 5.74) is 2.53. The maximum absolute atomic E-state index is 12.6. The zero-order valence-corrected chi connectivity index (χ0v) is 17.6. The maximum Gasteiger partial charge on any atom is 0.241 e. The van der Waals surface area contributed by atoms with Gasteiger partial charge in [0.2, 0.25) is 5.91 Å². The van der Waals surface area contributed by atoms with Gasteiger partial charge in [-0.2, -0.15) is 0 Å². The number of benzene rings is 2. The van der Waals surface area contributed by atoms with Crippen LogP contribution in [0.1, 0.15) is 18.1 Å². The largest absolute Gasteiger partial charge is 0.493 e. The van der Waals surface area contributed by atoms with Gasteiger partial charge in [-0.25, -0.2) is 0 Å². The lowest BCUT2D eigenvalue weighted by Crippen LogP contribution is -2.39. The normalized spacial score (nSPS) is 12.0. The second-order valence-corrected chi connectivity index (χ2v) is 7.13. The summed E-state index contributed by atoms with van der Waals surface area (Å²) in [6.45, 7) is 4.40. The van der Waals surface area contributed by atoms with Crippen LogP contribution in [0.15, 0.2) is 30.3 Å². The summed E-state index contributed by atoms with van der Waals surface area (Å²) < 4.78 is 10.7. The molecule has 27 heavy (non-hydrogen) atoms. The van der Waals surface area contributed by atoms with Gasteiger partial charge in [0, 0.05) is 6.54 Å². The van der Waals surface area contributed by atoms with Crippen molar-refractivity contribution in [3.8, 4) is 11.5 Å². The number of rotatable bonds is 7. The summed E-state index contributed by atoms with van der Waals surface area (Å²) in [7, 11) is 5.09. The minimum absolute atomic E-state index is 0.189. The Morgan fingerprint density at radius 2 is 1.70 bits per heavy atom. The first-order chi connectivity index (χ1) is 12.8. The Kier molecular flexibility index (Phi) is 7.36. The summed E-state index contributed by atoms with van der Waals surface area (Å²) in [6, 6.07) is 8.56. The van der Waals surface area contributed by atoms with E-state index in [1.165, 1.54) is 0 Å². The minimum atomic E-state index is -0.398.